The molecule has 6 nitrogen and oxygen atoms in total. The van der Waals surface area contributed by atoms with Gasteiger partial charge in [-0.05, 0) is 12.8 Å². The zero-order chi connectivity index (χ0) is 12.3. The van der Waals surface area contributed by atoms with Crippen molar-refractivity contribution in [3.05, 3.63) is 0 Å². The molecule has 0 bridgehead atoms. The van der Waals surface area contributed by atoms with Gasteiger partial charge in [0, 0.05) is 12.5 Å². The van der Waals surface area contributed by atoms with Gasteiger partial charge in [0.1, 0.15) is 18.3 Å². The lowest BCUT2D eigenvalue weighted by Gasteiger charge is -2.30. The average Bonchev–Trinajstić information content (AvgIpc) is 2.32. The molecule has 1 aliphatic rings. The first-order chi connectivity index (χ1) is 7.49. The Bertz CT molecular complexity index is 207. The summed E-state index contributed by atoms with van der Waals surface area (Å²) in [6, 6.07) is 0. The number of aliphatic hydroxyl groups is 6. The Morgan fingerprint density at radius 1 is 0.750 bits per heavy atom. The highest BCUT2D eigenvalue weighted by atomic mass is 16.4. The molecule has 1 aliphatic carbocycles. The van der Waals surface area contributed by atoms with Crippen LogP contribution in [0.1, 0.15) is 19.3 Å². The van der Waals surface area contributed by atoms with Gasteiger partial charge in [0.25, 0.3) is 0 Å². The first-order valence-corrected chi connectivity index (χ1v) is 5.50. The third kappa shape index (κ3) is 2.91. The monoisotopic (exact) mass is 236 g/mol. The number of hydrogen-bond acceptors (Lipinski definition) is 6. The molecule has 1 rings (SSSR count). The van der Waals surface area contributed by atoms with E-state index >= 15 is 0 Å². The Morgan fingerprint density at radius 3 is 1.88 bits per heavy atom. The maximum atomic E-state index is 9.68. The van der Waals surface area contributed by atoms with Crippen LogP contribution in [0.15, 0.2) is 0 Å². The molecule has 0 unspecified atom stereocenters. The van der Waals surface area contributed by atoms with Crippen molar-refractivity contribution < 1.29 is 30.6 Å². The summed E-state index contributed by atoms with van der Waals surface area (Å²) >= 11 is 0. The van der Waals surface area contributed by atoms with Crippen LogP contribution in [0.3, 0.4) is 0 Å². The Hall–Kier alpha value is -0.240. The minimum absolute atomic E-state index is 0.258. The van der Waals surface area contributed by atoms with E-state index in [1.54, 1.807) is 0 Å². The van der Waals surface area contributed by atoms with Gasteiger partial charge in [-0.2, -0.15) is 0 Å². The lowest BCUT2D eigenvalue weighted by Crippen LogP contribution is -2.50. The van der Waals surface area contributed by atoms with Crippen molar-refractivity contribution in [2.45, 2.75) is 49.8 Å². The van der Waals surface area contributed by atoms with Crippen LogP contribution in [0.4, 0.5) is 0 Å². The van der Waals surface area contributed by atoms with E-state index < -0.39 is 36.4 Å². The second-order valence-electron chi connectivity index (χ2n) is 4.40. The average molecular weight is 236 g/mol. The van der Waals surface area contributed by atoms with Crippen LogP contribution in [0.5, 0.6) is 0 Å². The zero-order valence-corrected chi connectivity index (χ0v) is 8.98. The van der Waals surface area contributed by atoms with Crippen molar-refractivity contribution in [1.29, 1.82) is 0 Å². The van der Waals surface area contributed by atoms with Gasteiger partial charge < -0.3 is 30.6 Å². The largest absolute Gasteiger partial charge is 0.396 e. The predicted octanol–water partition coefficient (Wildman–Crippen LogP) is -2.42. The van der Waals surface area contributed by atoms with Gasteiger partial charge in [0.05, 0.1) is 12.2 Å². The zero-order valence-electron chi connectivity index (χ0n) is 8.98. The Kier molecular flexibility index (Phi) is 5.10. The first-order valence-electron chi connectivity index (χ1n) is 5.50. The van der Waals surface area contributed by atoms with Crippen LogP contribution in [0, 0.1) is 5.92 Å². The third-order valence-corrected chi connectivity index (χ3v) is 3.24. The fourth-order valence-corrected chi connectivity index (χ4v) is 2.04. The molecule has 96 valence electrons. The van der Waals surface area contributed by atoms with Crippen molar-refractivity contribution in [1.82, 2.24) is 0 Å². The van der Waals surface area contributed by atoms with E-state index in [-0.39, 0.29) is 13.0 Å². The lowest BCUT2D eigenvalue weighted by atomic mass is 9.91. The van der Waals surface area contributed by atoms with Gasteiger partial charge in [0.15, 0.2) is 0 Å². The van der Waals surface area contributed by atoms with Crippen LogP contribution in [0.25, 0.3) is 0 Å². The van der Waals surface area contributed by atoms with E-state index in [0.29, 0.717) is 12.8 Å². The summed E-state index contributed by atoms with van der Waals surface area (Å²) in [5.41, 5.74) is 0. The van der Waals surface area contributed by atoms with Crippen LogP contribution < -0.4 is 0 Å². The topological polar surface area (TPSA) is 121 Å². The Balaban J connectivity index is 2.80. The second-order valence-corrected chi connectivity index (χ2v) is 4.40. The van der Waals surface area contributed by atoms with E-state index in [2.05, 4.69) is 0 Å². The summed E-state index contributed by atoms with van der Waals surface area (Å²) in [5, 5.41) is 56.8. The van der Waals surface area contributed by atoms with Crippen LogP contribution >= 0.6 is 0 Å². The van der Waals surface area contributed by atoms with Gasteiger partial charge in [-0.1, -0.05) is 6.42 Å². The standard InChI is InChI=1S/C10H20O6/c11-4-5-2-1-3-6(12)8(14)10(16)9(15)7(5)13/h5-16H,1-4H2/t5-,6-,7+,8+,9+,10+/m1/s1. The molecule has 6 N–H and O–H groups in total. The molecule has 0 aromatic heterocycles. The predicted molar refractivity (Wildman–Crippen MR) is 54.5 cm³/mol. The van der Waals surface area contributed by atoms with E-state index in [1.165, 1.54) is 0 Å². The normalized spacial score (nSPS) is 46.9. The van der Waals surface area contributed by atoms with E-state index in [0.717, 1.165) is 0 Å². The fraction of sp³-hybridized carbons (Fsp3) is 1.00. The third-order valence-electron chi connectivity index (χ3n) is 3.24. The molecule has 0 aliphatic heterocycles. The van der Waals surface area contributed by atoms with Crippen LogP contribution in [-0.2, 0) is 0 Å². The highest BCUT2D eigenvalue weighted by Crippen LogP contribution is 2.23. The van der Waals surface area contributed by atoms with Gasteiger partial charge in [-0.3, -0.25) is 0 Å². The molecular formula is C10H20O6. The summed E-state index contributed by atoms with van der Waals surface area (Å²) < 4.78 is 0. The van der Waals surface area contributed by atoms with Gasteiger partial charge >= 0.3 is 0 Å². The molecule has 0 spiro atoms. The van der Waals surface area contributed by atoms with E-state index in [1.807, 2.05) is 0 Å². The summed E-state index contributed by atoms with van der Waals surface area (Å²) in [4.78, 5) is 0. The summed E-state index contributed by atoms with van der Waals surface area (Å²) in [7, 11) is 0. The smallest absolute Gasteiger partial charge is 0.111 e. The maximum absolute atomic E-state index is 9.68. The van der Waals surface area contributed by atoms with Crippen molar-refractivity contribution in [3.8, 4) is 0 Å². The van der Waals surface area contributed by atoms with Crippen LogP contribution in [-0.4, -0.2) is 67.8 Å². The minimum Gasteiger partial charge on any atom is -0.396 e. The van der Waals surface area contributed by atoms with Gasteiger partial charge in [0.2, 0.25) is 0 Å². The number of rotatable bonds is 1. The molecule has 1 fully saturated rings. The SMILES string of the molecule is OC[C@H]1CCC[C@@H](O)[C@H](O)[C@H](O)[C@@H](O)[C@H]1O. The summed E-state index contributed by atoms with van der Waals surface area (Å²) in [6.07, 6.45) is -5.92. The first kappa shape index (κ1) is 13.8. The summed E-state index contributed by atoms with van der Waals surface area (Å²) in [6.45, 7) is -0.308. The number of hydrogen-bond donors (Lipinski definition) is 6. The van der Waals surface area contributed by atoms with Crippen molar-refractivity contribution in [2.75, 3.05) is 6.61 Å². The van der Waals surface area contributed by atoms with Crippen molar-refractivity contribution in [3.63, 3.8) is 0 Å². The van der Waals surface area contributed by atoms with Gasteiger partial charge in [-0.15, -0.1) is 0 Å². The molecule has 0 aromatic carbocycles. The Labute approximate surface area is 93.8 Å². The number of aliphatic hydroxyl groups excluding tert-OH is 6. The molecule has 0 heterocycles. The molecule has 0 radical (unpaired) electrons. The molecule has 16 heavy (non-hydrogen) atoms. The quantitative estimate of drug-likeness (QED) is 0.301. The minimum atomic E-state index is -1.61. The van der Waals surface area contributed by atoms with E-state index in [9.17, 15) is 25.5 Å². The second kappa shape index (κ2) is 5.90. The van der Waals surface area contributed by atoms with Crippen molar-refractivity contribution >= 4 is 0 Å². The molecule has 6 atom stereocenters. The molecule has 0 saturated heterocycles. The molecule has 0 aromatic rings. The van der Waals surface area contributed by atoms with E-state index in [4.69, 9.17) is 5.11 Å². The molecule has 6 heteroatoms. The molecular weight excluding hydrogens is 216 g/mol. The fourth-order valence-electron chi connectivity index (χ4n) is 2.04. The lowest BCUT2D eigenvalue weighted by molar-refractivity contribution is -0.142. The Morgan fingerprint density at radius 2 is 1.31 bits per heavy atom. The van der Waals surface area contributed by atoms with Crippen LogP contribution in [0.2, 0.25) is 0 Å². The highest BCUT2D eigenvalue weighted by molar-refractivity contribution is 4.89. The van der Waals surface area contributed by atoms with Crippen molar-refractivity contribution in [2.24, 2.45) is 5.92 Å². The van der Waals surface area contributed by atoms with Gasteiger partial charge in [-0.25, -0.2) is 0 Å². The molecule has 1 saturated carbocycles. The maximum Gasteiger partial charge on any atom is 0.111 e. The molecule has 0 amide bonds. The highest BCUT2D eigenvalue weighted by Gasteiger charge is 2.38. The summed E-state index contributed by atoms with van der Waals surface area (Å²) in [5.74, 6) is -0.554.